The molecule has 15 heavy (non-hydrogen) atoms. The molecule has 0 N–H and O–H groups in total. The summed E-state index contributed by atoms with van der Waals surface area (Å²) in [4.78, 5) is 23.7. The number of hydrogen-bond donors (Lipinski definition) is 0. The predicted octanol–water partition coefficient (Wildman–Crippen LogP) is 0.210. The Labute approximate surface area is 89.6 Å². The largest absolute Gasteiger partial charge is 0.468 e. The van der Waals surface area contributed by atoms with Crippen LogP contribution < -0.4 is 0 Å². The zero-order chi connectivity index (χ0) is 11.7. The molecule has 0 aliphatic carbocycles. The van der Waals surface area contributed by atoms with Gasteiger partial charge in [0.1, 0.15) is 0 Å². The van der Waals surface area contributed by atoms with Gasteiger partial charge in [-0.3, -0.25) is 14.5 Å². The third-order valence-electron chi connectivity index (χ3n) is 1.76. The zero-order valence-electron chi connectivity index (χ0n) is 9.36. The second kappa shape index (κ2) is 7.99. The van der Waals surface area contributed by atoms with E-state index < -0.39 is 0 Å². The van der Waals surface area contributed by atoms with Gasteiger partial charge in [-0.2, -0.15) is 0 Å². The van der Waals surface area contributed by atoms with Crippen molar-refractivity contribution in [2.24, 2.45) is 0 Å². The molecule has 0 aliphatic heterocycles. The van der Waals surface area contributed by atoms with Gasteiger partial charge in [-0.25, -0.2) is 0 Å². The number of hydrogen-bond acceptors (Lipinski definition) is 5. The zero-order valence-corrected chi connectivity index (χ0v) is 9.36. The summed E-state index contributed by atoms with van der Waals surface area (Å²) in [7, 11) is 2.63. The molecular weight excluding hydrogens is 198 g/mol. The lowest BCUT2D eigenvalue weighted by molar-refractivity contribution is -0.145. The fourth-order valence-corrected chi connectivity index (χ4v) is 0.934. The summed E-state index contributed by atoms with van der Waals surface area (Å²) in [5.74, 6) is -0.744. The van der Waals surface area contributed by atoms with Gasteiger partial charge >= 0.3 is 11.9 Å². The van der Waals surface area contributed by atoms with Crippen molar-refractivity contribution < 1.29 is 19.1 Å². The molecule has 0 unspecified atom stereocenters. The van der Waals surface area contributed by atoms with Crippen molar-refractivity contribution in [3.05, 3.63) is 12.2 Å². The molecule has 0 aliphatic rings. The third kappa shape index (κ3) is 6.68. The number of rotatable bonds is 6. The molecule has 0 bridgehead atoms. The summed E-state index contributed by atoms with van der Waals surface area (Å²) < 4.78 is 9.04. The highest BCUT2D eigenvalue weighted by Crippen LogP contribution is 1.92. The highest BCUT2D eigenvalue weighted by molar-refractivity contribution is 5.74. The topological polar surface area (TPSA) is 55.8 Å². The van der Waals surface area contributed by atoms with Gasteiger partial charge in [-0.15, -0.1) is 0 Å². The van der Waals surface area contributed by atoms with Gasteiger partial charge in [0.15, 0.2) is 0 Å². The number of allylic oxidation sites excluding steroid dienone is 1. The second-order valence-corrected chi connectivity index (χ2v) is 2.89. The van der Waals surface area contributed by atoms with Crippen molar-refractivity contribution in [2.45, 2.75) is 6.92 Å². The van der Waals surface area contributed by atoms with Gasteiger partial charge < -0.3 is 9.47 Å². The molecule has 86 valence electrons. The minimum atomic E-state index is -0.372. The Morgan fingerprint density at radius 2 is 1.60 bits per heavy atom. The Bertz CT molecular complexity index is 220. The first-order valence-electron chi connectivity index (χ1n) is 4.61. The van der Waals surface area contributed by atoms with E-state index in [2.05, 4.69) is 9.47 Å². The van der Waals surface area contributed by atoms with E-state index in [1.807, 2.05) is 19.1 Å². The molecule has 0 atom stereocenters. The van der Waals surface area contributed by atoms with Crippen LogP contribution in [0.1, 0.15) is 6.92 Å². The van der Waals surface area contributed by atoms with Crippen molar-refractivity contribution in [1.29, 1.82) is 0 Å². The highest BCUT2D eigenvalue weighted by Gasteiger charge is 2.13. The molecule has 0 aromatic carbocycles. The first kappa shape index (κ1) is 13.6. The standard InChI is InChI=1S/C10H17NO4/c1-4-5-6-11(7-9(12)14-2)8-10(13)15-3/h4-5H,6-8H2,1-3H3. The smallest absolute Gasteiger partial charge is 0.319 e. The molecule has 0 heterocycles. The van der Waals surface area contributed by atoms with Crippen LogP contribution >= 0.6 is 0 Å². The number of carbonyl (C=O) groups excluding carboxylic acids is 2. The molecule has 0 aromatic heterocycles. The van der Waals surface area contributed by atoms with Crippen molar-refractivity contribution >= 4 is 11.9 Å². The summed E-state index contributed by atoms with van der Waals surface area (Å²) in [6.45, 7) is 2.54. The molecular formula is C10H17NO4. The molecule has 0 radical (unpaired) electrons. The Balaban J connectivity index is 4.17. The molecule has 0 amide bonds. The third-order valence-corrected chi connectivity index (χ3v) is 1.76. The Morgan fingerprint density at radius 1 is 1.13 bits per heavy atom. The van der Waals surface area contributed by atoms with E-state index in [9.17, 15) is 9.59 Å². The average molecular weight is 215 g/mol. The fraction of sp³-hybridized carbons (Fsp3) is 0.600. The highest BCUT2D eigenvalue weighted by atomic mass is 16.5. The lowest BCUT2D eigenvalue weighted by Crippen LogP contribution is -2.35. The molecule has 0 spiro atoms. The van der Waals surface area contributed by atoms with E-state index in [0.717, 1.165) is 0 Å². The minimum Gasteiger partial charge on any atom is -0.468 e. The summed E-state index contributed by atoms with van der Waals surface area (Å²) in [5, 5.41) is 0. The minimum absolute atomic E-state index is 0.0793. The van der Waals surface area contributed by atoms with E-state index in [0.29, 0.717) is 6.54 Å². The van der Waals surface area contributed by atoms with Crippen LogP contribution in [0, 0.1) is 0 Å². The van der Waals surface area contributed by atoms with Crippen molar-refractivity contribution in [3.8, 4) is 0 Å². The van der Waals surface area contributed by atoms with Crippen LogP contribution in [-0.2, 0) is 19.1 Å². The number of nitrogens with zero attached hydrogens (tertiary/aromatic N) is 1. The van der Waals surface area contributed by atoms with Crippen LogP contribution in [-0.4, -0.2) is 50.7 Å². The van der Waals surface area contributed by atoms with Crippen LogP contribution in [0.4, 0.5) is 0 Å². The van der Waals surface area contributed by atoms with Gasteiger partial charge in [0.25, 0.3) is 0 Å². The summed E-state index contributed by atoms with van der Waals surface area (Å²) >= 11 is 0. The van der Waals surface area contributed by atoms with E-state index in [-0.39, 0.29) is 25.0 Å². The Kier molecular flexibility index (Phi) is 7.27. The van der Waals surface area contributed by atoms with Gasteiger partial charge in [0, 0.05) is 6.54 Å². The first-order chi connectivity index (χ1) is 7.13. The van der Waals surface area contributed by atoms with Crippen LogP contribution in [0.3, 0.4) is 0 Å². The van der Waals surface area contributed by atoms with Gasteiger partial charge in [0.05, 0.1) is 27.3 Å². The van der Waals surface area contributed by atoms with Crippen LogP contribution in [0.2, 0.25) is 0 Å². The predicted molar refractivity (Wildman–Crippen MR) is 55.3 cm³/mol. The maximum absolute atomic E-state index is 11.0. The van der Waals surface area contributed by atoms with E-state index in [1.165, 1.54) is 14.2 Å². The molecule has 0 saturated heterocycles. The molecule has 5 nitrogen and oxygen atoms in total. The Hall–Kier alpha value is -1.36. The summed E-state index contributed by atoms with van der Waals surface area (Å²) in [6.07, 6.45) is 3.70. The number of ether oxygens (including phenoxy) is 2. The van der Waals surface area contributed by atoms with Crippen LogP contribution in [0.5, 0.6) is 0 Å². The summed E-state index contributed by atoms with van der Waals surface area (Å²) in [5.41, 5.74) is 0. The normalized spacial score (nSPS) is 10.7. The lowest BCUT2D eigenvalue weighted by atomic mass is 10.4. The van der Waals surface area contributed by atoms with Crippen LogP contribution in [0.25, 0.3) is 0 Å². The Morgan fingerprint density at radius 3 is 1.93 bits per heavy atom. The van der Waals surface area contributed by atoms with Gasteiger partial charge in [-0.1, -0.05) is 12.2 Å². The van der Waals surface area contributed by atoms with Crippen molar-refractivity contribution in [3.63, 3.8) is 0 Å². The van der Waals surface area contributed by atoms with Crippen molar-refractivity contribution in [1.82, 2.24) is 4.90 Å². The number of carbonyl (C=O) groups is 2. The quantitative estimate of drug-likeness (QED) is 0.468. The molecule has 0 aromatic rings. The van der Waals surface area contributed by atoms with Crippen molar-refractivity contribution in [2.75, 3.05) is 33.9 Å². The first-order valence-corrected chi connectivity index (χ1v) is 4.61. The van der Waals surface area contributed by atoms with E-state index in [4.69, 9.17) is 0 Å². The molecule has 0 fully saturated rings. The second-order valence-electron chi connectivity index (χ2n) is 2.89. The van der Waals surface area contributed by atoms with E-state index in [1.54, 1.807) is 4.90 Å². The fourth-order valence-electron chi connectivity index (χ4n) is 0.934. The number of methoxy groups -OCH3 is 2. The van der Waals surface area contributed by atoms with Crippen LogP contribution in [0.15, 0.2) is 12.2 Å². The maximum atomic E-state index is 11.0. The lowest BCUT2D eigenvalue weighted by Gasteiger charge is -2.17. The number of esters is 2. The molecule has 0 rings (SSSR count). The monoisotopic (exact) mass is 215 g/mol. The van der Waals surface area contributed by atoms with Gasteiger partial charge in [-0.05, 0) is 6.92 Å². The summed E-state index contributed by atoms with van der Waals surface area (Å²) in [6, 6.07) is 0. The maximum Gasteiger partial charge on any atom is 0.319 e. The average Bonchev–Trinajstić information content (AvgIpc) is 2.25. The van der Waals surface area contributed by atoms with E-state index >= 15 is 0 Å². The molecule has 0 saturated carbocycles. The SMILES string of the molecule is CC=CCN(CC(=O)OC)CC(=O)OC. The van der Waals surface area contributed by atoms with Gasteiger partial charge in [0.2, 0.25) is 0 Å². The molecule has 5 heteroatoms.